The van der Waals surface area contributed by atoms with Crippen LogP contribution in [0.5, 0.6) is 0 Å². The molecule has 0 unspecified atom stereocenters. The van der Waals surface area contributed by atoms with Crippen LogP contribution < -0.4 is 4.90 Å². The molecular formula is C23H20ClN3OS2. The Morgan fingerprint density at radius 2 is 1.93 bits per heavy atom. The van der Waals surface area contributed by atoms with Gasteiger partial charge in [0.25, 0.3) is 0 Å². The molecule has 4 aromatic rings. The van der Waals surface area contributed by atoms with Gasteiger partial charge in [-0.15, -0.1) is 11.8 Å². The predicted octanol–water partition coefficient (Wildman–Crippen LogP) is 6.23. The maximum Gasteiger partial charge on any atom is 0.239 e. The Bertz CT molecular complexity index is 1150. The number of hydrogen-bond acceptors (Lipinski definition) is 5. The van der Waals surface area contributed by atoms with Gasteiger partial charge in [-0.2, -0.15) is 0 Å². The Morgan fingerprint density at radius 3 is 2.67 bits per heavy atom. The van der Waals surface area contributed by atoms with Gasteiger partial charge in [-0.05, 0) is 54.4 Å². The number of hydrogen-bond donors (Lipinski definition) is 0. The molecule has 0 aliphatic carbocycles. The van der Waals surface area contributed by atoms with Crippen LogP contribution in [-0.4, -0.2) is 21.6 Å². The Balaban J connectivity index is 1.62. The van der Waals surface area contributed by atoms with Crippen LogP contribution in [0.4, 0.5) is 5.13 Å². The number of aryl methyl sites for hydroxylation is 1. The first-order valence-corrected chi connectivity index (χ1v) is 11.8. The van der Waals surface area contributed by atoms with E-state index in [1.54, 1.807) is 22.4 Å². The van der Waals surface area contributed by atoms with E-state index in [2.05, 4.69) is 24.0 Å². The number of nitrogens with zero attached hydrogens (tertiary/aromatic N) is 3. The number of para-hydroxylation sites is 1. The molecule has 0 aliphatic heterocycles. The van der Waals surface area contributed by atoms with Gasteiger partial charge in [-0.25, -0.2) is 4.98 Å². The fourth-order valence-electron chi connectivity index (χ4n) is 3.06. The van der Waals surface area contributed by atoms with Crippen LogP contribution in [0.2, 0.25) is 5.02 Å². The molecule has 0 bridgehead atoms. The monoisotopic (exact) mass is 453 g/mol. The summed E-state index contributed by atoms with van der Waals surface area (Å²) >= 11 is 9.00. The summed E-state index contributed by atoms with van der Waals surface area (Å²) in [7, 11) is 0. The van der Waals surface area contributed by atoms with E-state index in [-0.39, 0.29) is 5.91 Å². The van der Waals surface area contributed by atoms with E-state index in [1.807, 2.05) is 48.5 Å². The Hall–Kier alpha value is -2.41. The molecular weight excluding hydrogens is 434 g/mol. The zero-order valence-electron chi connectivity index (χ0n) is 16.4. The number of benzene rings is 2. The first kappa shape index (κ1) is 20.8. The van der Waals surface area contributed by atoms with Crippen molar-refractivity contribution in [3.8, 4) is 0 Å². The molecule has 4 rings (SSSR count). The number of carbonyl (C=O) groups excluding carboxylic acids is 1. The van der Waals surface area contributed by atoms with Crippen molar-refractivity contribution in [1.82, 2.24) is 9.97 Å². The molecule has 30 heavy (non-hydrogen) atoms. The number of aromatic nitrogens is 2. The molecule has 0 fully saturated rings. The van der Waals surface area contributed by atoms with Crippen molar-refractivity contribution < 1.29 is 4.79 Å². The van der Waals surface area contributed by atoms with Crippen LogP contribution >= 0.6 is 34.7 Å². The molecule has 2 aromatic heterocycles. The molecule has 0 radical (unpaired) electrons. The summed E-state index contributed by atoms with van der Waals surface area (Å²) in [6.45, 7) is 2.51. The summed E-state index contributed by atoms with van der Waals surface area (Å²) in [4.78, 5) is 25.2. The summed E-state index contributed by atoms with van der Waals surface area (Å²) in [6, 6.07) is 19.4. The molecule has 0 saturated carbocycles. The third-order valence-corrected chi connectivity index (χ3v) is 6.92. The minimum atomic E-state index is -0.00212. The molecule has 0 aliphatic rings. The zero-order chi connectivity index (χ0) is 20.9. The lowest BCUT2D eigenvalue weighted by Gasteiger charge is -2.19. The first-order chi connectivity index (χ1) is 14.6. The lowest BCUT2D eigenvalue weighted by molar-refractivity contribution is -0.116. The third-order valence-electron chi connectivity index (χ3n) is 4.63. The lowest BCUT2D eigenvalue weighted by atomic mass is 10.1. The number of rotatable bonds is 7. The number of carbonyl (C=O) groups is 1. The van der Waals surface area contributed by atoms with Gasteiger partial charge in [0.1, 0.15) is 0 Å². The van der Waals surface area contributed by atoms with E-state index in [0.29, 0.717) is 22.5 Å². The summed E-state index contributed by atoms with van der Waals surface area (Å²) < 4.78 is 1.09. The van der Waals surface area contributed by atoms with Gasteiger partial charge in [0.15, 0.2) is 5.13 Å². The van der Waals surface area contributed by atoms with E-state index in [9.17, 15) is 4.79 Å². The van der Waals surface area contributed by atoms with E-state index in [0.717, 1.165) is 27.2 Å². The molecule has 0 N–H and O–H groups in total. The molecule has 7 heteroatoms. The minimum Gasteiger partial charge on any atom is -0.281 e. The molecule has 1 amide bonds. The van der Waals surface area contributed by atoms with Crippen LogP contribution in [0.3, 0.4) is 0 Å². The van der Waals surface area contributed by atoms with Crippen molar-refractivity contribution in [2.45, 2.75) is 24.8 Å². The van der Waals surface area contributed by atoms with Gasteiger partial charge in [-0.3, -0.25) is 14.7 Å². The highest BCUT2D eigenvalue weighted by Crippen LogP contribution is 2.32. The molecule has 0 atom stereocenters. The largest absolute Gasteiger partial charge is 0.281 e. The van der Waals surface area contributed by atoms with Gasteiger partial charge < -0.3 is 0 Å². The smallest absolute Gasteiger partial charge is 0.239 e. The standard InChI is InChI=1S/C23H20ClN3OS2/c1-2-16-6-5-8-20-22(16)26-23(30-20)27(14-18-7-3-4-13-25-18)21(28)15-29-19-11-9-17(24)10-12-19/h3-13H,2,14-15H2,1H3. The summed E-state index contributed by atoms with van der Waals surface area (Å²) in [6.07, 6.45) is 2.65. The Labute approximate surface area is 188 Å². The molecule has 4 nitrogen and oxygen atoms in total. The second-order valence-electron chi connectivity index (χ2n) is 6.66. The highest BCUT2D eigenvalue weighted by Gasteiger charge is 2.21. The highest BCUT2D eigenvalue weighted by molar-refractivity contribution is 8.00. The highest BCUT2D eigenvalue weighted by atomic mass is 35.5. The van der Waals surface area contributed by atoms with Crippen LogP contribution in [0.25, 0.3) is 10.2 Å². The lowest BCUT2D eigenvalue weighted by Crippen LogP contribution is -2.32. The van der Waals surface area contributed by atoms with Gasteiger partial charge in [0, 0.05) is 16.1 Å². The quantitative estimate of drug-likeness (QED) is 0.311. The van der Waals surface area contributed by atoms with Crippen LogP contribution in [0.1, 0.15) is 18.2 Å². The van der Waals surface area contributed by atoms with Crippen LogP contribution in [0.15, 0.2) is 71.8 Å². The van der Waals surface area contributed by atoms with Crippen molar-refractivity contribution >= 4 is 56.0 Å². The van der Waals surface area contributed by atoms with Crippen molar-refractivity contribution in [3.63, 3.8) is 0 Å². The second-order valence-corrected chi connectivity index (χ2v) is 9.15. The van der Waals surface area contributed by atoms with Gasteiger partial charge in [0.2, 0.25) is 5.91 Å². The normalized spacial score (nSPS) is 11.0. The van der Waals surface area contributed by atoms with E-state index in [1.165, 1.54) is 17.3 Å². The molecule has 0 saturated heterocycles. The van der Waals surface area contributed by atoms with Crippen molar-refractivity contribution in [1.29, 1.82) is 0 Å². The van der Waals surface area contributed by atoms with Crippen molar-refractivity contribution in [2.75, 3.05) is 10.7 Å². The third kappa shape index (κ3) is 4.83. The molecule has 152 valence electrons. The fraction of sp³-hybridized carbons (Fsp3) is 0.174. The van der Waals surface area contributed by atoms with E-state index in [4.69, 9.17) is 16.6 Å². The van der Waals surface area contributed by atoms with Crippen LogP contribution in [-0.2, 0) is 17.8 Å². The number of halogens is 1. The number of fused-ring (bicyclic) bond motifs is 1. The Morgan fingerprint density at radius 1 is 1.10 bits per heavy atom. The van der Waals surface area contributed by atoms with E-state index >= 15 is 0 Å². The van der Waals surface area contributed by atoms with Gasteiger partial charge in [-0.1, -0.05) is 48.1 Å². The zero-order valence-corrected chi connectivity index (χ0v) is 18.8. The maximum absolute atomic E-state index is 13.2. The van der Waals surface area contributed by atoms with E-state index < -0.39 is 0 Å². The number of thiazole rings is 1. The summed E-state index contributed by atoms with van der Waals surface area (Å²) in [5.74, 6) is 0.308. The summed E-state index contributed by atoms with van der Waals surface area (Å²) in [5.41, 5.74) is 3.00. The number of anilines is 1. The van der Waals surface area contributed by atoms with Gasteiger partial charge in [0.05, 0.1) is 28.2 Å². The Kier molecular flexibility index (Phi) is 6.67. The number of pyridine rings is 1. The average molecular weight is 454 g/mol. The minimum absolute atomic E-state index is 0.00212. The van der Waals surface area contributed by atoms with Crippen LogP contribution in [0, 0.1) is 0 Å². The average Bonchev–Trinajstić information content (AvgIpc) is 3.21. The number of amides is 1. The predicted molar refractivity (Wildman–Crippen MR) is 127 cm³/mol. The summed E-state index contributed by atoms with van der Waals surface area (Å²) in [5, 5.41) is 1.39. The first-order valence-electron chi connectivity index (χ1n) is 9.61. The van der Waals surface area contributed by atoms with Crippen molar-refractivity contribution in [2.24, 2.45) is 0 Å². The number of thioether (sulfide) groups is 1. The topological polar surface area (TPSA) is 46.1 Å². The second kappa shape index (κ2) is 9.60. The molecule has 2 heterocycles. The molecule has 2 aromatic carbocycles. The SMILES string of the molecule is CCc1cccc2sc(N(Cc3ccccn3)C(=O)CSc3ccc(Cl)cc3)nc12. The fourth-order valence-corrected chi connectivity index (χ4v) is 5.00. The molecule has 0 spiro atoms. The van der Waals surface area contributed by atoms with Crippen molar-refractivity contribution in [3.05, 3.63) is 83.1 Å². The van der Waals surface area contributed by atoms with Gasteiger partial charge >= 0.3 is 0 Å². The maximum atomic E-state index is 13.2.